The van der Waals surface area contributed by atoms with E-state index in [-0.39, 0.29) is 37.6 Å². The quantitative estimate of drug-likeness (QED) is 0.708. The van der Waals surface area contributed by atoms with Crippen molar-refractivity contribution in [3.05, 3.63) is 64.7 Å². The number of benzene rings is 2. The van der Waals surface area contributed by atoms with Gasteiger partial charge < -0.3 is 14.8 Å². The van der Waals surface area contributed by atoms with Crippen molar-refractivity contribution >= 4 is 23.5 Å². The van der Waals surface area contributed by atoms with Gasteiger partial charge in [0.05, 0.1) is 18.1 Å². The van der Waals surface area contributed by atoms with Crippen LogP contribution in [0.5, 0.6) is 5.75 Å². The zero-order valence-electron chi connectivity index (χ0n) is 14.8. The summed E-state index contributed by atoms with van der Waals surface area (Å²) in [5.41, 5.74) is 1.23. The molecular formula is C20H22ClNO4. The first-order valence-corrected chi connectivity index (χ1v) is 8.78. The number of halogens is 1. The molecule has 0 bridgehead atoms. The van der Waals surface area contributed by atoms with Crippen LogP contribution < -0.4 is 10.1 Å². The summed E-state index contributed by atoms with van der Waals surface area (Å²) >= 11 is 6.12. The lowest BCUT2D eigenvalue weighted by atomic mass is 10.2. The third-order valence-electron chi connectivity index (χ3n) is 3.45. The fourth-order valence-electron chi connectivity index (χ4n) is 2.25. The van der Waals surface area contributed by atoms with Crippen LogP contribution in [0.2, 0.25) is 5.02 Å². The average molecular weight is 376 g/mol. The number of rotatable bonds is 8. The highest BCUT2D eigenvalue weighted by molar-refractivity contribution is 6.31. The Hall–Kier alpha value is -2.53. The van der Waals surface area contributed by atoms with E-state index in [2.05, 4.69) is 5.32 Å². The number of nitrogens with one attached hydrogen (secondary N) is 1. The van der Waals surface area contributed by atoms with Crippen LogP contribution in [0.1, 0.15) is 36.2 Å². The van der Waals surface area contributed by atoms with E-state index >= 15 is 0 Å². The van der Waals surface area contributed by atoms with Crippen molar-refractivity contribution in [2.45, 2.75) is 33.0 Å². The normalized spacial score (nSPS) is 10.5. The summed E-state index contributed by atoms with van der Waals surface area (Å²) in [5.74, 6) is -0.199. The molecule has 2 rings (SSSR count). The summed E-state index contributed by atoms with van der Waals surface area (Å²) in [4.78, 5) is 23.9. The van der Waals surface area contributed by atoms with Crippen molar-refractivity contribution in [2.24, 2.45) is 0 Å². The van der Waals surface area contributed by atoms with Gasteiger partial charge in [0.1, 0.15) is 12.4 Å². The minimum Gasteiger partial charge on any atom is -0.488 e. The summed E-state index contributed by atoms with van der Waals surface area (Å²) < 4.78 is 10.8. The standard InChI is InChI=1S/C20H22ClNO4/c1-14(2)26-19(23)11-12-22-20(24)16-8-4-6-10-18(16)25-13-15-7-3-5-9-17(15)21/h3-10,14H,11-13H2,1-2H3,(H,22,24). The van der Waals surface area contributed by atoms with Crippen LogP contribution in [0.4, 0.5) is 0 Å². The van der Waals surface area contributed by atoms with Crippen LogP contribution in [0.3, 0.4) is 0 Å². The molecule has 2 aromatic carbocycles. The Balaban J connectivity index is 1.94. The lowest BCUT2D eigenvalue weighted by Crippen LogP contribution is -2.27. The molecule has 1 N–H and O–H groups in total. The molecule has 0 aliphatic rings. The van der Waals surface area contributed by atoms with E-state index < -0.39 is 0 Å². The third-order valence-corrected chi connectivity index (χ3v) is 3.82. The SMILES string of the molecule is CC(C)OC(=O)CCNC(=O)c1ccccc1OCc1ccccc1Cl. The molecule has 2 aromatic rings. The summed E-state index contributed by atoms with van der Waals surface area (Å²) in [6, 6.07) is 14.3. The van der Waals surface area contributed by atoms with Crippen LogP contribution in [0.25, 0.3) is 0 Å². The van der Waals surface area contributed by atoms with E-state index in [1.807, 2.05) is 18.2 Å². The van der Waals surface area contributed by atoms with Crippen molar-refractivity contribution < 1.29 is 19.1 Å². The number of para-hydroxylation sites is 1. The van der Waals surface area contributed by atoms with Gasteiger partial charge in [-0.25, -0.2) is 0 Å². The number of amides is 1. The molecule has 138 valence electrons. The van der Waals surface area contributed by atoms with Crippen molar-refractivity contribution in [3.8, 4) is 5.75 Å². The van der Waals surface area contributed by atoms with Crippen molar-refractivity contribution in [3.63, 3.8) is 0 Å². The van der Waals surface area contributed by atoms with Crippen LogP contribution in [0.15, 0.2) is 48.5 Å². The molecular weight excluding hydrogens is 354 g/mol. The molecule has 0 unspecified atom stereocenters. The van der Waals surface area contributed by atoms with E-state index in [4.69, 9.17) is 21.1 Å². The molecule has 0 saturated carbocycles. The Labute approximate surface area is 158 Å². The maximum absolute atomic E-state index is 12.4. The molecule has 0 aliphatic heterocycles. The van der Waals surface area contributed by atoms with Gasteiger partial charge in [-0.2, -0.15) is 0 Å². The van der Waals surface area contributed by atoms with Crippen molar-refractivity contribution in [2.75, 3.05) is 6.54 Å². The van der Waals surface area contributed by atoms with E-state index in [9.17, 15) is 9.59 Å². The van der Waals surface area contributed by atoms with Gasteiger partial charge in [0.2, 0.25) is 0 Å². The predicted octanol–water partition coefficient (Wildman–Crippen LogP) is 3.99. The molecule has 5 nitrogen and oxygen atoms in total. The number of hydrogen-bond donors (Lipinski definition) is 1. The molecule has 0 radical (unpaired) electrons. The van der Waals surface area contributed by atoms with Gasteiger partial charge in [0.25, 0.3) is 5.91 Å². The summed E-state index contributed by atoms with van der Waals surface area (Å²) in [5, 5.41) is 3.32. The molecule has 26 heavy (non-hydrogen) atoms. The maximum atomic E-state index is 12.4. The summed E-state index contributed by atoms with van der Waals surface area (Å²) in [6.07, 6.45) is -0.0517. The molecule has 0 saturated heterocycles. The topological polar surface area (TPSA) is 64.6 Å². The molecule has 1 amide bonds. The second-order valence-corrected chi connectivity index (χ2v) is 6.33. The first-order chi connectivity index (χ1) is 12.5. The van der Waals surface area contributed by atoms with Gasteiger partial charge in [0.15, 0.2) is 0 Å². The van der Waals surface area contributed by atoms with Gasteiger partial charge in [0, 0.05) is 17.1 Å². The zero-order valence-corrected chi connectivity index (χ0v) is 15.6. The number of carbonyl (C=O) groups is 2. The molecule has 0 atom stereocenters. The Morgan fingerprint density at radius 1 is 1.08 bits per heavy atom. The van der Waals surface area contributed by atoms with Crippen LogP contribution in [0, 0.1) is 0 Å². The molecule has 0 fully saturated rings. The molecule has 0 heterocycles. The highest BCUT2D eigenvalue weighted by Crippen LogP contribution is 2.22. The lowest BCUT2D eigenvalue weighted by Gasteiger charge is -2.12. The van der Waals surface area contributed by atoms with Crippen LogP contribution in [-0.4, -0.2) is 24.5 Å². The Kier molecular flexibility index (Phi) is 7.48. The first-order valence-electron chi connectivity index (χ1n) is 8.40. The van der Waals surface area contributed by atoms with Gasteiger partial charge in [-0.15, -0.1) is 0 Å². The maximum Gasteiger partial charge on any atom is 0.307 e. The Bertz CT molecular complexity index is 761. The third kappa shape index (κ3) is 6.08. The Morgan fingerprint density at radius 3 is 2.50 bits per heavy atom. The number of hydrogen-bond acceptors (Lipinski definition) is 4. The van der Waals surface area contributed by atoms with E-state index in [0.717, 1.165) is 5.56 Å². The van der Waals surface area contributed by atoms with Gasteiger partial charge in [-0.1, -0.05) is 41.9 Å². The fraction of sp³-hybridized carbons (Fsp3) is 0.300. The van der Waals surface area contributed by atoms with Crippen molar-refractivity contribution in [1.82, 2.24) is 5.32 Å². The largest absolute Gasteiger partial charge is 0.488 e. The smallest absolute Gasteiger partial charge is 0.307 e. The highest BCUT2D eigenvalue weighted by Gasteiger charge is 2.13. The monoisotopic (exact) mass is 375 g/mol. The fourth-order valence-corrected chi connectivity index (χ4v) is 2.44. The van der Waals surface area contributed by atoms with Gasteiger partial charge in [-0.05, 0) is 32.0 Å². The average Bonchev–Trinajstić information content (AvgIpc) is 2.60. The van der Waals surface area contributed by atoms with Crippen molar-refractivity contribution in [1.29, 1.82) is 0 Å². The Morgan fingerprint density at radius 2 is 1.77 bits per heavy atom. The summed E-state index contributed by atoms with van der Waals surface area (Å²) in [6.45, 7) is 4.01. The first kappa shape index (κ1) is 19.8. The molecule has 0 aliphatic carbocycles. The number of carbonyl (C=O) groups excluding carboxylic acids is 2. The van der Waals surface area contributed by atoms with Gasteiger partial charge in [-0.3, -0.25) is 9.59 Å². The minimum atomic E-state index is -0.344. The summed E-state index contributed by atoms with van der Waals surface area (Å²) in [7, 11) is 0. The lowest BCUT2D eigenvalue weighted by molar-refractivity contribution is -0.147. The zero-order chi connectivity index (χ0) is 18.9. The second-order valence-electron chi connectivity index (χ2n) is 5.92. The molecule has 0 spiro atoms. The minimum absolute atomic E-state index is 0.118. The van der Waals surface area contributed by atoms with Crippen LogP contribution >= 0.6 is 11.6 Å². The van der Waals surface area contributed by atoms with Gasteiger partial charge >= 0.3 is 5.97 Å². The molecule has 0 aromatic heterocycles. The number of esters is 1. The second kappa shape index (κ2) is 9.82. The van der Waals surface area contributed by atoms with E-state index in [1.165, 1.54) is 0 Å². The number of ether oxygens (including phenoxy) is 2. The van der Waals surface area contributed by atoms with Crippen LogP contribution in [-0.2, 0) is 16.1 Å². The van der Waals surface area contributed by atoms with E-state index in [0.29, 0.717) is 16.3 Å². The highest BCUT2D eigenvalue weighted by atomic mass is 35.5. The molecule has 6 heteroatoms. The van der Waals surface area contributed by atoms with E-state index in [1.54, 1.807) is 44.2 Å². The predicted molar refractivity (Wildman–Crippen MR) is 100 cm³/mol.